The van der Waals surface area contributed by atoms with E-state index in [0.717, 1.165) is 0 Å². The van der Waals surface area contributed by atoms with E-state index in [4.69, 9.17) is 15.9 Å². The standard InChI is InChI=1S/C11H14N4O3/c1-5(2-10(13)16)14-7-4-8-9(3-6(7)12)18-11(17)15-8/h3-5,14H,2,12H2,1H3,(H2,13,16)(H,15,17). The maximum Gasteiger partial charge on any atom is 0.417 e. The number of carbonyl (C=O) groups excluding carboxylic acids is 1. The molecule has 0 aliphatic heterocycles. The quantitative estimate of drug-likeness (QED) is 0.583. The van der Waals surface area contributed by atoms with Crippen LogP contribution >= 0.6 is 0 Å². The summed E-state index contributed by atoms with van der Waals surface area (Å²) >= 11 is 0. The number of nitrogens with one attached hydrogen (secondary N) is 2. The van der Waals surface area contributed by atoms with E-state index in [-0.39, 0.29) is 12.5 Å². The number of nitrogen functional groups attached to an aromatic ring is 1. The fourth-order valence-electron chi connectivity index (χ4n) is 1.76. The molecule has 0 saturated carbocycles. The normalized spacial score (nSPS) is 12.5. The van der Waals surface area contributed by atoms with E-state index in [1.165, 1.54) is 0 Å². The molecule has 96 valence electrons. The van der Waals surface area contributed by atoms with Gasteiger partial charge >= 0.3 is 5.76 Å². The van der Waals surface area contributed by atoms with E-state index in [1.807, 2.05) is 6.92 Å². The van der Waals surface area contributed by atoms with Gasteiger partial charge in [-0.15, -0.1) is 0 Å². The molecule has 1 atom stereocenters. The average Bonchev–Trinajstić information content (AvgIpc) is 2.56. The maximum absolute atomic E-state index is 11.0. The number of nitrogens with two attached hydrogens (primary N) is 2. The highest BCUT2D eigenvalue weighted by molar-refractivity contribution is 5.85. The van der Waals surface area contributed by atoms with Crippen LogP contribution in [0, 0.1) is 0 Å². The number of rotatable bonds is 4. The first-order chi connectivity index (χ1) is 8.45. The number of H-pyrrole nitrogens is 1. The average molecular weight is 250 g/mol. The third-order valence-corrected chi connectivity index (χ3v) is 2.50. The highest BCUT2D eigenvalue weighted by atomic mass is 16.4. The van der Waals surface area contributed by atoms with Gasteiger partial charge in [0.15, 0.2) is 5.58 Å². The van der Waals surface area contributed by atoms with Crippen molar-refractivity contribution in [2.75, 3.05) is 11.1 Å². The van der Waals surface area contributed by atoms with Crippen LogP contribution in [0.25, 0.3) is 11.1 Å². The van der Waals surface area contributed by atoms with Crippen LogP contribution in [0.1, 0.15) is 13.3 Å². The third kappa shape index (κ3) is 2.45. The molecule has 2 aromatic rings. The second kappa shape index (κ2) is 4.44. The van der Waals surface area contributed by atoms with Crippen molar-refractivity contribution < 1.29 is 9.21 Å². The van der Waals surface area contributed by atoms with Gasteiger partial charge in [0.25, 0.3) is 0 Å². The smallest absolute Gasteiger partial charge is 0.408 e. The van der Waals surface area contributed by atoms with Gasteiger partial charge in [-0.3, -0.25) is 9.78 Å². The summed E-state index contributed by atoms with van der Waals surface area (Å²) in [7, 11) is 0. The van der Waals surface area contributed by atoms with Crippen LogP contribution in [-0.2, 0) is 4.79 Å². The van der Waals surface area contributed by atoms with Gasteiger partial charge in [0.1, 0.15) is 0 Å². The lowest BCUT2D eigenvalue weighted by molar-refractivity contribution is -0.118. The third-order valence-electron chi connectivity index (χ3n) is 2.50. The molecule has 1 amide bonds. The zero-order valence-corrected chi connectivity index (χ0v) is 9.82. The van der Waals surface area contributed by atoms with E-state index < -0.39 is 11.7 Å². The van der Waals surface area contributed by atoms with Crippen LogP contribution in [0.15, 0.2) is 21.3 Å². The predicted octanol–water partition coefficient (Wildman–Crippen LogP) is 0.379. The number of hydrogen-bond acceptors (Lipinski definition) is 5. The maximum atomic E-state index is 11.0. The van der Waals surface area contributed by atoms with Crippen molar-refractivity contribution in [2.45, 2.75) is 19.4 Å². The molecule has 1 aromatic heterocycles. The minimum atomic E-state index is -0.535. The molecular weight excluding hydrogens is 236 g/mol. The highest BCUT2D eigenvalue weighted by Gasteiger charge is 2.10. The van der Waals surface area contributed by atoms with Crippen LogP contribution in [0.4, 0.5) is 11.4 Å². The SMILES string of the molecule is CC(CC(N)=O)Nc1cc2[nH]c(=O)oc2cc1N. The molecule has 0 bridgehead atoms. The lowest BCUT2D eigenvalue weighted by atomic mass is 10.2. The summed E-state index contributed by atoms with van der Waals surface area (Å²) in [5, 5.41) is 3.05. The topological polar surface area (TPSA) is 127 Å². The minimum Gasteiger partial charge on any atom is -0.408 e. The lowest BCUT2D eigenvalue weighted by Gasteiger charge is -2.15. The Morgan fingerprint density at radius 2 is 2.28 bits per heavy atom. The summed E-state index contributed by atoms with van der Waals surface area (Å²) in [5.74, 6) is -0.932. The van der Waals surface area contributed by atoms with Crippen LogP contribution in [0.5, 0.6) is 0 Å². The second-order valence-electron chi connectivity index (χ2n) is 4.17. The summed E-state index contributed by atoms with van der Waals surface area (Å²) in [6, 6.07) is 3.06. The van der Waals surface area contributed by atoms with E-state index in [2.05, 4.69) is 10.3 Å². The van der Waals surface area contributed by atoms with E-state index in [9.17, 15) is 9.59 Å². The van der Waals surface area contributed by atoms with E-state index in [1.54, 1.807) is 12.1 Å². The molecule has 1 unspecified atom stereocenters. The van der Waals surface area contributed by atoms with Crippen molar-refractivity contribution >= 4 is 28.4 Å². The van der Waals surface area contributed by atoms with Crippen molar-refractivity contribution in [3.63, 3.8) is 0 Å². The van der Waals surface area contributed by atoms with Gasteiger partial charge in [-0.2, -0.15) is 0 Å². The van der Waals surface area contributed by atoms with Crippen molar-refractivity contribution in [1.29, 1.82) is 0 Å². The van der Waals surface area contributed by atoms with Crippen LogP contribution in [0.2, 0.25) is 0 Å². The Morgan fingerprint density at radius 1 is 1.56 bits per heavy atom. The molecular formula is C11H14N4O3. The zero-order chi connectivity index (χ0) is 13.3. The number of benzene rings is 1. The number of aromatic nitrogens is 1. The molecule has 0 saturated heterocycles. The molecule has 2 rings (SSSR count). The van der Waals surface area contributed by atoms with Crippen molar-refractivity contribution in [1.82, 2.24) is 4.98 Å². The Labute approximate surface area is 102 Å². The monoisotopic (exact) mass is 250 g/mol. The van der Waals surface area contributed by atoms with Gasteiger partial charge in [0.2, 0.25) is 5.91 Å². The van der Waals surface area contributed by atoms with Crippen molar-refractivity contribution in [3.05, 3.63) is 22.7 Å². The van der Waals surface area contributed by atoms with Gasteiger partial charge in [-0.25, -0.2) is 4.79 Å². The highest BCUT2D eigenvalue weighted by Crippen LogP contribution is 2.25. The number of anilines is 2. The Kier molecular flexibility index (Phi) is 2.97. The largest absolute Gasteiger partial charge is 0.417 e. The van der Waals surface area contributed by atoms with Crippen LogP contribution in [-0.4, -0.2) is 16.9 Å². The molecule has 7 nitrogen and oxygen atoms in total. The van der Waals surface area contributed by atoms with Gasteiger partial charge in [-0.1, -0.05) is 0 Å². The molecule has 7 heteroatoms. The minimum absolute atomic E-state index is 0.152. The summed E-state index contributed by atoms with van der Waals surface area (Å²) in [6.45, 7) is 1.81. The van der Waals surface area contributed by atoms with E-state index >= 15 is 0 Å². The van der Waals surface area contributed by atoms with Crippen molar-refractivity contribution in [3.8, 4) is 0 Å². The first-order valence-electron chi connectivity index (χ1n) is 5.43. The number of hydrogen-bond donors (Lipinski definition) is 4. The zero-order valence-electron chi connectivity index (χ0n) is 9.82. The number of primary amides is 1. The lowest BCUT2D eigenvalue weighted by Crippen LogP contribution is -2.24. The van der Waals surface area contributed by atoms with Gasteiger partial charge in [-0.05, 0) is 13.0 Å². The van der Waals surface area contributed by atoms with Gasteiger partial charge in [0.05, 0.1) is 16.9 Å². The fraction of sp³-hybridized carbons (Fsp3) is 0.273. The molecule has 0 fully saturated rings. The molecule has 6 N–H and O–H groups in total. The summed E-state index contributed by atoms with van der Waals surface area (Å²) < 4.78 is 4.88. The molecule has 18 heavy (non-hydrogen) atoms. The molecule has 0 aliphatic rings. The predicted molar refractivity (Wildman–Crippen MR) is 68.1 cm³/mol. The number of amides is 1. The first-order valence-corrected chi connectivity index (χ1v) is 5.43. The Hall–Kier alpha value is -2.44. The molecule has 1 heterocycles. The number of carbonyl (C=O) groups is 1. The molecule has 1 aromatic carbocycles. The van der Waals surface area contributed by atoms with Crippen molar-refractivity contribution in [2.24, 2.45) is 5.73 Å². The van der Waals surface area contributed by atoms with Crippen LogP contribution < -0.4 is 22.5 Å². The number of fused-ring (bicyclic) bond motifs is 1. The van der Waals surface area contributed by atoms with Gasteiger partial charge < -0.3 is 21.2 Å². The fourth-order valence-corrected chi connectivity index (χ4v) is 1.76. The summed E-state index contributed by atoms with van der Waals surface area (Å²) in [4.78, 5) is 24.4. The molecule has 0 radical (unpaired) electrons. The Morgan fingerprint density at radius 3 is 2.94 bits per heavy atom. The van der Waals surface area contributed by atoms with Crippen LogP contribution in [0.3, 0.4) is 0 Å². The number of oxazole rings is 1. The second-order valence-corrected chi connectivity index (χ2v) is 4.17. The Bertz CT molecular complexity index is 643. The Balaban J connectivity index is 2.29. The van der Waals surface area contributed by atoms with Gasteiger partial charge in [0, 0.05) is 18.5 Å². The molecule has 0 aliphatic carbocycles. The summed E-state index contributed by atoms with van der Waals surface area (Å²) in [5.41, 5.74) is 12.9. The van der Waals surface area contributed by atoms with E-state index in [0.29, 0.717) is 22.5 Å². The molecule has 0 spiro atoms. The summed E-state index contributed by atoms with van der Waals surface area (Å²) in [6.07, 6.45) is 0.194. The number of aromatic amines is 1. The first kappa shape index (κ1) is 12.0.